The van der Waals surface area contributed by atoms with Crippen LogP contribution in [0.1, 0.15) is 26.3 Å². The molecule has 0 spiro atoms. The first-order valence-electron chi connectivity index (χ1n) is 7.16. The molecule has 6 heteroatoms. The summed E-state index contributed by atoms with van der Waals surface area (Å²) < 4.78 is 10.4. The largest absolute Gasteiger partial charge is 0.461 e. The average molecular weight is 307 g/mol. The molecule has 1 fully saturated rings. The van der Waals surface area contributed by atoms with Gasteiger partial charge in [0.1, 0.15) is 6.61 Å². The first-order valence-corrected chi connectivity index (χ1v) is 7.16. The summed E-state index contributed by atoms with van der Waals surface area (Å²) in [6, 6.07) is 6.98. The highest BCUT2D eigenvalue weighted by molar-refractivity contribution is 5.89. The van der Waals surface area contributed by atoms with Crippen molar-refractivity contribution in [2.75, 3.05) is 18.1 Å². The average Bonchev–Trinajstić information content (AvgIpc) is 2.85. The Balaban J connectivity index is 1.94. The summed E-state index contributed by atoms with van der Waals surface area (Å²) in [5.41, 5.74) is 0.876. The molecule has 1 aromatic carbocycles. The second-order valence-electron chi connectivity index (χ2n) is 6.29. The van der Waals surface area contributed by atoms with Crippen LogP contribution < -0.4 is 4.90 Å². The molecule has 1 unspecified atom stereocenters. The fraction of sp³-hybridized carbons (Fsp3) is 0.500. The molecule has 22 heavy (non-hydrogen) atoms. The molecule has 0 saturated carbocycles. The van der Waals surface area contributed by atoms with Crippen molar-refractivity contribution >= 4 is 17.7 Å². The summed E-state index contributed by atoms with van der Waals surface area (Å²) in [5, 5.41) is 9.02. The predicted octanol–water partition coefficient (Wildman–Crippen LogP) is 2.09. The molecule has 0 radical (unpaired) electrons. The van der Waals surface area contributed by atoms with Crippen molar-refractivity contribution in [2.45, 2.75) is 33.5 Å². The van der Waals surface area contributed by atoms with Gasteiger partial charge in [0.05, 0.1) is 18.6 Å². The second-order valence-corrected chi connectivity index (χ2v) is 6.29. The number of hydrogen-bond acceptors (Lipinski definition) is 5. The Bertz CT molecular complexity index is 547. The highest BCUT2D eigenvalue weighted by atomic mass is 16.6. The van der Waals surface area contributed by atoms with Crippen molar-refractivity contribution in [2.24, 2.45) is 5.41 Å². The van der Waals surface area contributed by atoms with E-state index < -0.39 is 17.6 Å². The van der Waals surface area contributed by atoms with Crippen LogP contribution in [0.15, 0.2) is 24.3 Å². The number of carbonyl (C=O) groups excluding carboxylic acids is 2. The Kier molecular flexibility index (Phi) is 4.71. The van der Waals surface area contributed by atoms with Gasteiger partial charge >= 0.3 is 12.1 Å². The van der Waals surface area contributed by atoms with Gasteiger partial charge in [0.25, 0.3) is 0 Å². The van der Waals surface area contributed by atoms with Gasteiger partial charge < -0.3 is 14.6 Å². The van der Waals surface area contributed by atoms with Crippen molar-refractivity contribution in [3.05, 3.63) is 29.8 Å². The summed E-state index contributed by atoms with van der Waals surface area (Å²) >= 11 is 0. The summed E-state index contributed by atoms with van der Waals surface area (Å²) in [7, 11) is 0. The number of aliphatic hydroxyl groups is 1. The molecule has 1 heterocycles. The van der Waals surface area contributed by atoms with Gasteiger partial charge in [0.2, 0.25) is 0 Å². The third-order valence-corrected chi connectivity index (χ3v) is 3.32. The van der Waals surface area contributed by atoms with Gasteiger partial charge in [0.15, 0.2) is 6.10 Å². The van der Waals surface area contributed by atoms with E-state index in [1.807, 2.05) is 0 Å². The fourth-order valence-electron chi connectivity index (χ4n) is 1.99. The predicted molar refractivity (Wildman–Crippen MR) is 80.4 cm³/mol. The summed E-state index contributed by atoms with van der Waals surface area (Å²) in [6.07, 6.45) is -0.940. The fourth-order valence-corrected chi connectivity index (χ4v) is 1.99. The number of nitrogens with zero attached hydrogens (tertiary/aromatic N) is 1. The smallest absolute Gasteiger partial charge is 0.414 e. The van der Waals surface area contributed by atoms with Crippen LogP contribution in [0, 0.1) is 5.41 Å². The molecular formula is C16H21NO5. The molecule has 1 aliphatic rings. The lowest BCUT2D eigenvalue weighted by Gasteiger charge is -2.18. The number of cyclic esters (lactones) is 1. The lowest BCUT2D eigenvalue weighted by atomic mass is 9.97. The van der Waals surface area contributed by atoms with Crippen molar-refractivity contribution in [3.8, 4) is 0 Å². The SMILES string of the molecule is CC(C)(C)C(=O)OCC1CN(c2ccc(CO)cc2)C(=O)O1. The Morgan fingerprint density at radius 2 is 2.00 bits per heavy atom. The van der Waals surface area contributed by atoms with Crippen LogP contribution in [0.4, 0.5) is 10.5 Å². The van der Waals surface area contributed by atoms with Gasteiger partial charge in [-0.15, -0.1) is 0 Å². The van der Waals surface area contributed by atoms with Crippen LogP contribution in [0.3, 0.4) is 0 Å². The maximum atomic E-state index is 11.9. The van der Waals surface area contributed by atoms with Gasteiger partial charge in [-0.25, -0.2) is 4.79 Å². The number of esters is 1. The summed E-state index contributed by atoms with van der Waals surface area (Å²) in [4.78, 5) is 25.1. The van der Waals surface area contributed by atoms with Crippen molar-refractivity contribution < 1.29 is 24.2 Å². The van der Waals surface area contributed by atoms with Crippen LogP contribution in [0.25, 0.3) is 0 Å². The topological polar surface area (TPSA) is 76.1 Å². The monoisotopic (exact) mass is 307 g/mol. The zero-order valence-corrected chi connectivity index (χ0v) is 13.0. The van der Waals surface area contributed by atoms with E-state index in [-0.39, 0.29) is 19.2 Å². The molecule has 1 amide bonds. The first-order chi connectivity index (χ1) is 10.3. The zero-order valence-electron chi connectivity index (χ0n) is 13.0. The van der Waals surface area contributed by atoms with Gasteiger partial charge in [-0.05, 0) is 38.5 Å². The molecular weight excluding hydrogens is 286 g/mol. The Labute approximate surface area is 129 Å². The number of aliphatic hydroxyl groups excluding tert-OH is 1. The minimum atomic E-state index is -0.581. The third kappa shape index (κ3) is 3.76. The number of ether oxygens (including phenoxy) is 2. The standard InChI is InChI=1S/C16H21NO5/c1-16(2,3)14(19)21-10-13-8-17(15(20)22-13)12-6-4-11(9-18)5-7-12/h4-7,13,18H,8-10H2,1-3H3. The minimum Gasteiger partial charge on any atom is -0.461 e. The van der Waals surface area contributed by atoms with E-state index in [2.05, 4.69) is 0 Å². The molecule has 1 saturated heterocycles. The number of rotatable bonds is 4. The molecule has 1 atom stereocenters. The zero-order chi connectivity index (χ0) is 16.3. The van der Waals surface area contributed by atoms with Crippen LogP contribution in [-0.4, -0.2) is 36.4 Å². The van der Waals surface area contributed by atoms with E-state index in [1.54, 1.807) is 45.0 Å². The minimum absolute atomic E-state index is 0.0455. The van der Waals surface area contributed by atoms with Gasteiger partial charge in [-0.2, -0.15) is 0 Å². The maximum absolute atomic E-state index is 11.9. The molecule has 0 bridgehead atoms. The van der Waals surface area contributed by atoms with Crippen molar-refractivity contribution in [1.82, 2.24) is 0 Å². The van der Waals surface area contributed by atoms with E-state index >= 15 is 0 Å². The molecule has 0 aromatic heterocycles. The van der Waals surface area contributed by atoms with Gasteiger partial charge in [0, 0.05) is 5.69 Å². The second kappa shape index (κ2) is 6.36. The number of benzene rings is 1. The molecule has 2 rings (SSSR count). The quantitative estimate of drug-likeness (QED) is 0.862. The lowest BCUT2D eigenvalue weighted by molar-refractivity contribution is -0.155. The van der Waals surface area contributed by atoms with E-state index in [4.69, 9.17) is 14.6 Å². The van der Waals surface area contributed by atoms with E-state index in [0.717, 1.165) is 5.56 Å². The van der Waals surface area contributed by atoms with Crippen LogP contribution in [0.2, 0.25) is 0 Å². The van der Waals surface area contributed by atoms with Crippen LogP contribution >= 0.6 is 0 Å². The molecule has 1 N–H and O–H groups in total. The Hall–Kier alpha value is -2.08. The van der Waals surface area contributed by atoms with Crippen molar-refractivity contribution in [3.63, 3.8) is 0 Å². The highest BCUT2D eigenvalue weighted by Crippen LogP contribution is 2.23. The highest BCUT2D eigenvalue weighted by Gasteiger charge is 2.34. The molecule has 1 aromatic rings. The Morgan fingerprint density at radius 3 is 2.55 bits per heavy atom. The molecule has 6 nitrogen and oxygen atoms in total. The van der Waals surface area contributed by atoms with Gasteiger partial charge in [-0.1, -0.05) is 12.1 Å². The lowest BCUT2D eigenvalue weighted by Crippen LogP contribution is -2.29. The maximum Gasteiger partial charge on any atom is 0.414 e. The normalized spacial score (nSPS) is 18.3. The van der Waals surface area contributed by atoms with Crippen LogP contribution in [0.5, 0.6) is 0 Å². The first kappa shape index (κ1) is 16.3. The molecule has 0 aliphatic carbocycles. The van der Waals surface area contributed by atoms with Crippen molar-refractivity contribution in [1.29, 1.82) is 0 Å². The Morgan fingerprint density at radius 1 is 1.36 bits per heavy atom. The number of amides is 1. The number of hydrogen-bond donors (Lipinski definition) is 1. The van der Waals surface area contributed by atoms with E-state index in [9.17, 15) is 9.59 Å². The number of anilines is 1. The third-order valence-electron chi connectivity index (χ3n) is 3.32. The molecule has 1 aliphatic heterocycles. The summed E-state index contributed by atoms with van der Waals surface area (Å²) in [5.74, 6) is -0.325. The van der Waals surface area contributed by atoms with Gasteiger partial charge in [-0.3, -0.25) is 9.69 Å². The summed E-state index contributed by atoms with van der Waals surface area (Å²) in [6.45, 7) is 5.64. The number of carbonyl (C=O) groups is 2. The van der Waals surface area contributed by atoms with E-state index in [0.29, 0.717) is 12.2 Å². The van der Waals surface area contributed by atoms with Crippen LogP contribution in [-0.2, 0) is 20.9 Å². The molecule has 120 valence electrons. The van der Waals surface area contributed by atoms with E-state index in [1.165, 1.54) is 4.90 Å².